The molecule has 4 rings (SSSR count). The normalized spacial score (nSPS) is 29.3. The predicted octanol–water partition coefficient (Wildman–Crippen LogP) is 6.34. The molecular weight excluding hydrogens is 647 g/mol. The van der Waals surface area contributed by atoms with Gasteiger partial charge in [-0.2, -0.15) is 0 Å². The second-order valence-corrected chi connectivity index (χ2v) is 30.4. The van der Waals surface area contributed by atoms with E-state index in [1.165, 1.54) is 6.42 Å². The maximum atomic E-state index is 13.5. The Balaban J connectivity index is 1.42. The molecule has 2 unspecified atom stereocenters. The molecule has 0 saturated carbocycles. The second-order valence-electron chi connectivity index (χ2n) is 17.0. The molecule has 13 heteroatoms. The number of nitrogens with zero attached hydrogens (tertiary/aromatic N) is 3. The van der Waals surface area contributed by atoms with E-state index in [9.17, 15) is 9.90 Å². The summed E-state index contributed by atoms with van der Waals surface area (Å²) in [6.07, 6.45) is 6.43. The first-order valence-corrected chi connectivity index (χ1v) is 28.1. The minimum absolute atomic E-state index is 0.00127. The Hall–Kier alpha value is -1.04. The lowest BCUT2D eigenvalue weighted by Crippen LogP contribution is -2.58. The van der Waals surface area contributed by atoms with Crippen LogP contribution in [0.1, 0.15) is 64.0 Å². The fraction of sp³-hybridized carbons (Fsp3) is 0.853. The Labute approximate surface area is 287 Å². The Morgan fingerprint density at radius 1 is 0.915 bits per heavy atom. The molecule has 9 atom stereocenters. The molecule has 10 nitrogen and oxygen atoms in total. The zero-order valence-corrected chi connectivity index (χ0v) is 34.0. The molecule has 1 N–H and O–H groups in total. The van der Waals surface area contributed by atoms with Gasteiger partial charge in [-0.25, -0.2) is 9.97 Å². The molecule has 1 aromatic heterocycles. The number of aliphatic hydroxyl groups is 1. The van der Waals surface area contributed by atoms with Crippen molar-refractivity contribution < 1.29 is 32.7 Å². The lowest BCUT2D eigenvalue weighted by Gasteiger charge is -2.47. The summed E-state index contributed by atoms with van der Waals surface area (Å²) in [6.45, 7) is 26.5. The number of Topliss-reactive ketones (excluding diaryl/α,β-unsaturated/α-hetero) is 1. The molecule has 0 bridgehead atoms. The van der Waals surface area contributed by atoms with Crippen molar-refractivity contribution >= 4 is 36.7 Å². The van der Waals surface area contributed by atoms with E-state index in [-0.39, 0.29) is 67.1 Å². The standard InChI is InChI=1S/C34H63N3O7Si3/c1-23(24(2)42-45(3,4)5)31-30(41-31)19-29-33(44-47(9,10)11)32(43-46(6,7)8)25(22-40-29)17-27(38)18-28(39)26-20-35-34(36-21-26)37-15-13-12-14-16-37/h20-21,23-25,28-33,39H,12-19,22H2,1-11H3/t23-,24+,25?,28?,29+,30+,31+,32-,33-/m1/s1. The van der Waals surface area contributed by atoms with Crippen LogP contribution in [0.15, 0.2) is 12.4 Å². The number of aliphatic hydroxyl groups excluding tert-OH is 1. The first-order chi connectivity index (χ1) is 21.8. The number of ketones is 1. The third-order valence-corrected chi connectivity index (χ3v) is 12.2. The van der Waals surface area contributed by atoms with Crippen LogP contribution in [-0.2, 0) is 27.5 Å². The van der Waals surface area contributed by atoms with Crippen molar-refractivity contribution in [3.8, 4) is 0 Å². The molecule has 0 aliphatic carbocycles. The van der Waals surface area contributed by atoms with E-state index in [2.05, 4.69) is 87.6 Å². The summed E-state index contributed by atoms with van der Waals surface area (Å²) in [5.41, 5.74) is 0.562. The molecule has 3 fully saturated rings. The number of carbonyl (C=O) groups is 1. The maximum Gasteiger partial charge on any atom is 0.225 e. The van der Waals surface area contributed by atoms with Gasteiger partial charge in [0.25, 0.3) is 0 Å². The van der Waals surface area contributed by atoms with Gasteiger partial charge in [-0.05, 0) is 85.1 Å². The minimum atomic E-state index is -2.03. The van der Waals surface area contributed by atoms with Crippen molar-refractivity contribution in [1.82, 2.24) is 9.97 Å². The summed E-state index contributed by atoms with van der Waals surface area (Å²) in [4.78, 5) is 24.7. The van der Waals surface area contributed by atoms with Crippen LogP contribution in [0.25, 0.3) is 0 Å². The van der Waals surface area contributed by atoms with E-state index < -0.39 is 31.1 Å². The highest BCUT2D eigenvalue weighted by atomic mass is 28.4. The molecule has 4 heterocycles. The average Bonchev–Trinajstić information content (AvgIpc) is 3.73. The third kappa shape index (κ3) is 12.1. The maximum absolute atomic E-state index is 13.5. The molecular formula is C34H63N3O7Si3. The summed E-state index contributed by atoms with van der Waals surface area (Å²) in [6, 6.07) is 0. The van der Waals surface area contributed by atoms with Gasteiger partial charge in [-0.15, -0.1) is 0 Å². The van der Waals surface area contributed by atoms with Crippen molar-refractivity contribution in [3.05, 3.63) is 18.0 Å². The van der Waals surface area contributed by atoms with Gasteiger partial charge in [0.05, 0.1) is 43.2 Å². The highest BCUT2D eigenvalue weighted by Gasteiger charge is 2.52. The van der Waals surface area contributed by atoms with E-state index in [1.807, 2.05) is 0 Å². The van der Waals surface area contributed by atoms with Gasteiger partial charge >= 0.3 is 0 Å². The molecule has 0 radical (unpaired) electrons. The number of epoxide rings is 1. The van der Waals surface area contributed by atoms with Gasteiger partial charge in [0.2, 0.25) is 5.95 Å². The number of piperidine rings is 1. The van der Waals surface area contributed by atoms with E-state index in [0.717, 1.165) is 32.4 Å². The Bertz CT molecular complexity index is 1150. The Morgan fingerprint density at radius 2 is 1.51 bits per heavy atom. The van der Waals surface area contributed by atoms with E-state index in [1.54, 1.807) is 12.4 Å². The van der Waals surface area contributed by atoms with Crippen LogP contribution in [0, 0.1) is 11.8 Å². The topological polar surface area (TPSA) is 116 Å². The Morgan fingerprint density at radius 3 is 2.09 bits per heavy atom. The number of hydrogen-bond donors (Lipinski definition) is 1. The first-order valence-electron chi connectivity index (χ1n) is 17.9. The smallest absolute Gasteiger partial charge is 0.225 e. The molecule has 3 aliphatic rings. The van der Waals surface area contributed by atoms with Crippen LogP contribution >= 0.6 is 0 Å². The lowest BCUT2D eigenvalue weighted by atomic mass is 9.85. The Kier molecular flexibility index (Phi) is 13.1. The van der Waals surface area contributed by atoms with Crippen molar-refractivity contribution in [3.63, 3.8) is 0 Å². The highest BCUT2D eigenvalue weighted by Crippen LogP contribution is 2.41. The molecule has 3 saturated heterocycles. The molecule has 0 spiro atoms. The van der Waals surface area contributed by atoms with Crippen LogP contribution in [0.3, 0.4) is 0 Å². The van der Waals surface area contributed by atoms with E-state index in [4.69, 9.17) is 22.8 Å². The summed E-state index contributed by atoms with van der Waals surface area (Å²) in [5.74, 6) is 0.768. The van der Waals surface area contributed by atoms with Gasteiger partial charge in [-0.3, -0.25) is 4.79 Å². The number of ether oxygens (including phenoxy) is 2. The number of carbonyl (C=O) groups excluding carboxylic acids is 1. The van der Waals surface area contributed by atoms with Gasteiger partial charge in [0, 0.05) is 68.2 Å². The number of anilines is 1. The van der Waals surface area contributed by atoms with E-state index >= 15 is 0 Å². The van der Waals surface area contributed by atoms with E-state index in [0.29, 0.717) is 18.1 Å². The largest absolute Gasteiger partial charge is 0.415 e. The van der Waals surface area contributed by atoms with Crippen LogP contribution in [0.2, 0.25) is 58.9 Å². The van der Waals surface area contributed by atoms with Gasteiger partial charge < -0.3 is 32.8 Å². The molecule has 3 aliphatic heterocycles. The zero-order chi connectivity index (χ0) is 34.7. The van der Waals surface area contributed by atoms with Crippen LogP contribution < -0.4 is 4.90 Å². The summed E-state index contributed by atoms with van der Waals surface area (Å²) in [5, 5.41) is 11.0. The average molecular weight is 710 g/mol. The number of rotatable bonds is 16. The predicted molar refractivity (Wildman–Crippen MR) is 193 cm³/mol. The van der Waals surface area contributed by atoms with Crippen molar-refractivity contribution in [2.24, 2.45) is 11.8 Å². The van der Waals surface area contributed by atoms with Crippen molar-refractivity contribution in [2.75, 3.05) is 24.6 Å². The molecule has 1 aromatic rings. The van der Waals surface area contributed by atoms with Crippen molar-refractivity contribution in [1.29, 1.82) is 0 Å². The molecule has 268 valence electrons. The van der Waals surface area contributed by atoms with Crippen LogP contribution in [0.5, 0.6) is 0 Å². The minimum Gasteiger partial charge on any atom is -0.415 e. The molecule has 0 amide bonds. The lowest BCUT2D eigenvalue weighted by molar-refractivity contribution is -0.159. The third-order valence-electron chi connectivity index (χ3n) is 9.14. The van der Waals surface area contributed by atoms with Gasteiger partial charge in [-0.1, -0.05) is 6.92 Å². The number of hydrogen-bond acceptors (Lipinski definition) is 10. The number of aromatic nitrogens is 2. The summed E-state index contributed by atoms with van der Waals surface area (Å²) in [7, 11) is -5.70. The second kappa shape index (κ2) is 15.9. The zero-order valence-electron chi connectivity index (χ0n) is 31.0. The molecule has 47 heavy (non-hydrogen) atoms. The van der Waals surface area contributed by atoms with Crippen LogP contribution in [0.4, 0.5) is 5.95 Å². The summed E-state index contributed by atoms with van der Waals surface area (Å²) < 4.78 is 32.9. The monoisotopic (exact) mass is 709 g/mol. The quantitative estimate of drug-likeness (QED) is 0.154. The van der Waals surface area contributed by atoms with Gasteiger partial charge in [0.15, 0.2) is 25.0 Å². The fourth-order valence-corrected chi connectivity index (χ4v) is 10.4. The first kappa shape index (κ1) is 38.8. The highest BCUT2D eigenvalue weighted by molar-refractivity contribution is 6.70. The fourth-order valence-electron chi connectivity index (χ4n) is 6.86. The SMILES string of the molecule is C[C@@H]([C@@H]1O[C@H]1C[C@@H]1OCC(CC(=O)CC(O)c2cnc(N3CCCCC3)nc2)[C@@H](O[Si](C)(C)C)[C@@H]1O[Si](C)(C)C)[C@H](C)O[Si](C)(C)C. The van der Waals surface area contributed by atoms with Gasteiger partial charge in [0.1, 0.15) is 5.78 Å². The molecule has 0 aromatic carbocycles. The van der Waals surface area contributed by atoms with Crippen molar-refractivity contribution in [2.45, 2.75) is 154 Å². The summed E-state index contributed by atoms with van der Waals surface area (Å²) >= 11 is 0. The van der Waals surface area contributed by atoms with Crippen LogP contribution in [-0.4, -0.2) is 102 Å².